The third-order valence-electron chi connectivity index (χ3n) is 12.5. The zero-order chi connectivity index (χ0) is 45.5. The Bertz CT molecular complexity index is 3450. The van der Waals surface area contributed by atoms with Gasteiger partial charge >= 0.3 is 20.1 Å². The predicted molar refractivity (Wildman–Crippen MR) is 279 cm³/mol. The largest absolute Gasteiger partial charge is 3.00 e. The molecule has 0 bridgehead atoms. The van der Waals surface area contributed by atoms with Crippen molar-refractivity contribution in [1.29, 1.82) is 0 Å². The van der Waals surface area contributed by atoms with Crippen LogP contribution in [0.3, 0.4) is 0 Å². The van der Waals surface area contributed by atoms with Gasteiger partial charge in [-0.25, -0.2) is 0 Å². The van der Waals surface area contributed by atoms with Crippen molar-refractivity contribution in [3.05, 3.63) is 272 Å². The van der Waals surface area contributed by atoms with Crippen LogP contribution in [-0.2, 0) is 32.9 Å². The maximum Gasteiger partial charge on any atom is 3.00 e. The number of aryl methyl sites for hydroxylation is 2. The number of aromatic nitrogens is 3. The minimum absolute atomic E-state index is 0. The van der Waals surface area contributed by atoms with E-state index in [0.717, 1.165) is 96.7 Å². The van der Waals surface area contributed by atoms with Gasteiger partial charge in [-0.2, -0.15) is 0 Å². The van der Waals surface area contributed by atoms with E-state index >= 15 is 0 Å². The van der Waals surface area contributed by atoms with Gasteiger partial charge < -0.3 is 15.0 Å². The van der Waals surface area contributed by atoms with Gasteiger partial charge in [0.2, 0.25) is 0 Å². The van der Waals surface area contributed by atoms with Gasteiger partial charge in [0.1, 0.15) is 0 Å². The molecule has 4 heteroatoms. The quantitative estimate of drug-likeness (QED) is 0.114. The Morgan fingerprint density at radius 1 is 0.275 bits per heavy atom. The molecule has 0 fully saturated rings. The SMILES string of the molecule is [Ir+3].[c-]1cc(CCc2cc(-c3ccccc3-c3c[c-]c(-c4ccccn4)cc3)cc(-c3ccccc3-c3c[c-]c(-c4cc(-c5ccc(-c6ccccc6)cc5)ccn4)cc3)c2)ccc1-c1ccccn1. The molecule has 0 aliphatic rings. The third kappa shape index (κ3) is 10.1. The van der Waals surface area contributed by atoms with E-state index in [9.17, 15) is 0 Å². The molecule has 328 valence electrons. The molecule has 0 atom stereocenters. The molecular weight excluding hydrogens is 1010 g/mol. The Morgan fingerprint density at radius 3 is 1.22 bits per heavy atom. The molecule has 3 aromatic heterocycles. The van der Waals surface area contributed by atoms with Crippen LogP contribution in [0, 0.1) is 18.2 Å². The molecule has 69 heavy (non-hydrogen) atoms. The number of pyridine rings is 3. The van der Waals surface area contributed by atoms with Gasteiger partial charge in [0.05, 0.1) is 0 Å². The summed E-state index contributed by atoms with van der Waals surface area (Å²) in [5.74, 6) is 0. The van der Waals surface area contributed by atoms with E-state index in [1.807, 2.05) is 61.1 Å². The molecule has 0 N–H and O–H groups in total. The first-order chi connectivity index (χ1) is 33.7. The van der Waals surface area contributed by atoms with Crippen LogP contribution in [-0.4, -0.2) is 15.0 Å². The summed E-state index contributed by atoms with van der Waals surface area (Å²) < 4.78 is 0. The average Bonchev–Trinajstić information content (AvgIpc) is 3.43. The molecule has 0 spiro atoms. The monoisotopic (exact) mass is 1060 g/mol. The molecule has 0 saturated carbocycles. The van der Waals surface area contributed by atoms with Crippen molar-refractivity contribution in [2.24, 2.45) is 0 Å². The Labute approximate surface area is 418 Å². The molecule has 0 aliphatic heterocycles. The summed E-state index contributed by atoms with van der Waals surface area (Å²) in [4.78, 5) is 13.9. The van der Waals surface area contributed by atoms with Crippen LogP contribution in [0.5, 0.6) is 0 Å². The second-order valence-electron chi connectivity index (χ2n) is 16.9. The van der Waals surface area contributed by atoms with E-state index in [0.29, 0.717) is 0 Å². The number of hydrogen-bond acceptors (Lipinski definition) is 3. The van der Waals surface area contributed by atoms with Gasteiger partial charge in [-0.15, -0.1) is 95.1 Å². The number of nitrogens with zero attached hydrogens (tertiary/aromatic N) is 3. The summed E-state index contributed by atoms with van der Waals surface area (Å²) in [5.41, 5.74) is 22.0. The topological polar surface area (TPSA) is 38.7 Å². The molecule has 0 unspecified atom stereocenters. The van der Waals surface area contributed by atoms with E-state index in [4.69, 9.17) is 4.98 Å². The summed E-state index contributed by atoms with van der Waals surface area (Å²) in [6.07, 6.45) is 7.27. The minimum atomic E-state index is 0. The fourth-order valence-corrected chi connectivity index (χ4v) is 8.97. The van der Waals surface area contributed by atoms with Crippen LogP contribution in [0.25, 0.3) is 101 Å². The second-order valence-corrected chi connectivity index (χ2v) is 16.9. The third-order valence-corrected chi connectivity index (χ3v) is 12.5. The Hall–Kier alpha value is -8.14. The van der Waals surface area contributed by atoms with Gasteiger partial charge in [0.25, 0.3) is 0 Å². The van der Waals surface area contributed by atoms with Crippen molar-refractivity contribution < 1.29 is 20.1 Å². The zero-order valence-electron chi connectivity index (χ0n) is 37.7. The van der Waals surface area contributed by atoms with Crippen LogP contribution >= 0.6 is 0 Å². The molecular formula is C65H44IrN3. The smallest absolute Gasteiger partial charge is 0.305 e. The number of benzene rings is 8. The van der Waals surface area contributed by atoms with E-state index in [1.54, 1.807) is 0 Å². The van der Waals surface area contributed by atoms with Crippen molar-refractivity contribution in [1.82, 2.24) is 15.0 Å². The van der Waals surface area contributed by atoms with Gasteiger partial charge in [0, 0.05) is 18.6 Å². The molecule has 0 aliphatic carbocycles. The fraction of sp³-hybridized carbons (Fsp3) is 0.0308. The van der Waals surface area contributed by atoms with Gasteiger partial charge in [-0.3, -0.25) is 0 Å². The first-order valence-corrected chi connectivity index (χ1v) is 23.0. The van der Waals surface area contributed by atoms with Crippen molar-refractivity contribution in [2.45, 2.75) is 12.8 Å². The summed E-state index contributed by atoms with van der Waals surface area (Å²) in [7, 11) is 0. The Morgan fingerprint density at radius 2 is 0.710 bits per heavy atom. The summed E-state index contributed by atoms with van der Waals surface area (Å²) in [5, 5.41) is 0. The Kier molecular flexibility index (Phi) is 13.5. The summed E-state index contributed by atoms with van der Waals surface area (Å²) in [6.45, 7) is 0. The van der Waals surface area contributed by atoms with Gasteiger partial charge in [-0.05, 0) is 97.8 Å². The molecule has 3 nitrogen and oxygen atoms in total. The van der Waals surface area contributed by atoms with E-state index < -0.39 is 0 Å². The predicted octanol–water partition coefficient (Wildman–Crippen LogP) is 16.1. The minimum Gasteiger partial charge on any atom is -0.305 e. The Balaban J connectivity index is 0.00000553. The van der Waals surface area contributed by atoms with Crippen LogP contribution in [0.2, 0.25) is 0 Å². The van der Waals surface area contributed by atoms with Crippen molar-refractivity contribution >= 4 is 0 Å². The molecule has 8 aromatic carbocycles. The van der Waals surface area contributed by atoms with E-state index in [2.05, 4.69) is 210 Å². The van der Waals surface area contributed by atoms with Crippen LogP contribution in [0.15, 0.2) is 243 Å². The van der Waals surface area contributed by atoms with Crippen LogP contribution < -0.4 is 0 Å². The molecule has 0 radical (unpaired) electrons. The normalized spacial score (nSPS) is 10.9. The summed E-state index contributed by atoms with van der Waals surface area (Å²) in [6, 6.07) is 89.7. The van der Waals surface area contributed by atoms with Crippen LogP contribution in [0.1, 0.15) is 11.1 Å². The van der Waals surface area contributed by atoms with Crippen molar-refractivity contribution in [3.8, 4) is 101 Å². The van der Waals surface area contributed by atoms with Crippen LogP contribution in [0.4, 0.5) is 0 Å². The molecule has 0 saturated heterocycles. The molecule has 11 rings (SSSR count). The van der Waals surface area contributed by atoms with Crippen molar-refractivity contribution in [3.63, 3.8) is 0 Å². The maximum atomic E-state index is 4.78. The fourth-order valence-electron chi connectivity index (χ4n) is 8.97. The molecule has 11 aromatic rings. The second kappa shape index (κ2) is 20.8. The number of hydrogen-bond donors (Lipinski definition) is 0. The van der Waals surface area contributed by atoms with Crippen molar-refractivity contribution in [2.75, 3.05) is 0 Å². The zero-order valence-corrected chi connectivity index (χ0v) is 40.1. The van der Waals surface area contributed by atoms with E-state index in [-0.39, 0.29) is 20.1 Å². The maximum absolute atomic E-state index is 4.78. The van der Waals surface area contributed by atoms with Gasteiger partial charge in [-0.1, -0.05) is 174 Å². The summed E-state index contributed by atoms with van der Waals surface area (Å²) >= 11 is 0. The first kappa shape index (κ1) is 44.7. The molecule has 0 amide bonds. The average molecular weight is 1060 g/mol. The first-order valence-electron chi connectivity index (χ1n) is 23.0. The van der Waals surface area contributed by atoms with E-state index in [1.165, 1.54) is 27.8 Å². The number of rotatable bonds is 12. The molecule has 3 heterocycles. The van der Waals surface area contributed by atoms with Gasteiger partial charge in [0.15, 0.2) is 0 Å². The standard InChI is InChI=1S/C65H44N3.Ir/c1-2-12-48(13-3-1)49-26-28-50(29-27-49)56-38-41-68-65(45-56)55-36-32-52(33-37-55)60-15-5-7-17-62(60)58-43-47(21-20-46-22-24-53(25-23-46)63-18-8-10-39-66-63)42-57(44-58)61-16-6-4-14-59(61)51-30-34-54(35-31-51)64-19-9-11-40-67-64;/h1-19,22-24,26-34,36,38-45H,20-21H2;/q-3;+3.